The molecule has 1 aromatic rings. The van der Waals surface area contributed by atoms with Crippen LogP contribution in [-0.2, 0) is 0 Å². The number of nitrogens with two attached hydrogens (primary N) is 1. The van der Waals surface area contributed by atoms with Crippen molar-refractivity contribution >= 4 is 0 Å². The van der Waals surface area contributed by atoms with Crippen molar-refractivity contribution in [2.45, 2.75) is 19.5 Å². The second-order valence-corrected chi connectivity index (χ2v) is 3.09. The molecule has 2 N–H and O–H groups in total. The molecule has 0 radical (unpaired) electrons. The highest BCUT2D eigenvalue weighted by molar-refractivity contribution is 5.30. The first-order chi connectivity index (χ1) is 6.63. The number of hydrogen-bond donors (Lipinski definition) is 1. The van der Waals surface area contributed by atoms with Crippen LogP contribution in [0, 0.1) is 0 Å². The van der Waals surface area contributed by atoms with Gasteiger partial charge in [-0.15, -0.1) is 0 Å². The fourth-order valence-corrected chi connectivity index (χ4v) is 1.13. The standard InChI is InChI=1S/C10H13F2NO/c1-7(6-13)8-3-2-4-9(5-8)14-10(11)12/h2-5,7,10H,6,13H2,1H3/t7-/m0/s1. The van der Waals surface area contributed by atoms with Crippen molar-refractivity contribution in [3.8, 4) is 5.75 Å². The molecular weight excluding hydrogens is 188 g/mol. The van der Waals surface area contributed by atoms with E-state index in [1.807, 2.05) is 13.0 Å². The van der Waals surface area contributed by atoms with E-state index < -0.39 is 6.61 Å². The minimum atomic E-state index is -2.78. The zero-order valence-electron chi connectivity index (χ0n) is 7.91. The molecule has 0 bridgehead atoms. The summed E-state index contributed by atoms with van der Waals surface area (Å²) in [7, 11) is 0. The summed E-state index contributed by atoms with van der Waals surface area (Å²) in [6.07, 6.45) is 0. The van der Waals surface area contributed by atoms with Gasteiger partial charge in [0.15, 0.2) is 0 Å². The molecule has 1 rings (SSSR count). The fourth-order valence-electron chi connectivity index (χ4n) is 1.13. The van der Waals surface area contributed by atoms with Gasteiger partial charge in [-0.05, 0) is 30.2 Å². The summed E-state index contributed by atoms with van der Waals surface area (Å²) in [6.45, 7) is -0.363. The highest BCUT2D eigenvalue weighted by Gasteiger charge is 2.07. The molecular formula is C10H13F2NO. The second kappa shape index (κ2) is 4.91. The first kappa shape index (κ1) is 10.9. The third-order valence-electron chi connectivity index (χ3n) is 2.01. The molecule has 0 unspecified atom stereocenters. The molecule has 1 aromatic carbocycles. The molecule has 0 saturated heterocycles. The van der Waals surface area contributed by atoms with Crippen molar-refractivity contribution in [2.24, 2.45) is 5.73 Å². The molecule has 0 aliphatic heterocycles. The summed E-state index contributed by atoms with van der Waals surface area (Å²) < 4.78 is 28.1. The Morgan fingerprint density at radius 1 is 1.43 bits per heavy atom. The highest BCUT2D eigenvalue weighted by atomic mass is 19.3. The molecule has 0 saturated carbocycles. The largest absolute Gasteiger partial charge is 0.435 e. The van der Waals surface area contributed by atoms with Crippen molar-refractivity contribution in [1.82, 2.24) is 0 Å². The summed E-state index contributed by atoms with van der Waals surface area (Å²) in [5.74, 6) is 0.328. The molecule has 0 fully saturated rings. The number of hydrogen-bond acceptors (Lipinski definition) is 2. The predicted molar refractivity (Wildman–Crippen MR) is 50.5 cm³/mol. The van der Waals surface area contributed by atoms with E-state index in [1.54, 1.807) is 12.1 Å². The van der Waals surface area contributed by atoms with Crippen LogP contribution in [-0.4, -0.2) is 13.2 Å². The van der Waals surface area contributed by atoms with Crippen molar-refractivity contribution < 1.29 is 13.5 Å². The van der Waals surface area contributed by atoms with Crippen LogP contribution in [0.1, 0.15) is 18.4 Å². The third kappa shape index (κ3) is 2.96. The lowest BCUT2D eigenvalue weighted by atomic mass is 10.0. The predicted octanol–water partition coefficient (Wildman–Crippen LogP) is 2.35. The second-order valence-electron chi connectivity index (χ2n) is 3.09. The van der Waals surface area contributed by atoms with E-state index >= 15 is 0 Å². The first-order valence-corrected chi connectivity index (χ1v) is 4.38. The number of benzene rings is 1. The fraction of sp³-hybridized carbons (Fsp3) is 0.400. The summed E-state index contributed by atoms with van der Waals surface area (Å²) in [5.41, 5.74) is 6.37. The average molecular weight is 201 g/mol. The van der Waals surface area contributed by atoms with Gasteiger partial charge in [0.05, 0.1) is 0 Å². The van der Waals surface area contributed by atoms with E-state index in [1.165, 1.54) is 6.07 Å². The molecule has 0 aliphatic carbocycles. The van der Waals surface area contributed by atoms with Gasteiger partial charge in [-0.3, -0.25) is 0 Å². The molecule has 2 nitrogen and oxygen atoms in total. The zero-order valence-corrected chi connectivity index (χ0v) is 7.91. The Bertz CT molecular complexity index is 291. The molecule has 0 heterocycles. The van der Waals surface area contributed by atoms with Crippen LogP contribution in [0.25, 0.3) is 0 Å². The Labute approximate surface area is 81.7 Å². The Morgan fingerprint density at radius 2 is 2.14 bits per heavy atom. The summed E-state index contributed by atoms with van der Waals surface area (Å²) in [6, 6.07) is 6.61. The number of rotatable bonds is 4. The molecule has 0 aliphatic rings. The van der Waals surface area contributed by atoms with Gasteiger partial charge < -0.3 is 10.5 Å². The Hall–Kier alpha value is -1.16. The average Bonchev–Trinajstić information content (AvgIpc) is 2.16. The van der Waals surface area contributed by atoms with Crippen LogP contribution in [0.2, 0.25) is 0 Å². The van der Waals surface area contributed by atoms with Crippen LogP contribution >= 0.6 is 0 Å². The maximum atomic E-state index is 11.9. The number of ether oxygens (including phenoxy) is 1. The zero-order chi connectivity index (χ0) is 10.6. The van der Waals surface area contributed by atoms with Gasteiger partial charge in [-0.25, -0.2) is 0 Å². The van der Waals surface area contributed by atoms with Gasteiger partial charge in [0.2, 0.25) is 0 Å². The van der Waals surface area contributed by atoms with E-state index in [-0.39, 0.29) is 11.7 Å². The van der Waals surface area contributed by atoms with E-state index in [4.69, 9.17) is 5.73 Å². The van der Waals surface area contributed by atoms with Crippen molar-refractivity contribution in [3.05, 3.63) is 29.8 Å². The van der Waals surface area contributed by atoms with Gasteiger partial charge in [-0.2, -0.15) is 8.78 Å². The van der Waals surface area contributed by atoms with Gasteiger partial charge in [0.1, 0.15) is 5.75 Å². The Kier molecular flexibility index (Phi) is 3.83. The van der Waals surface area contributed by atoms with Gasteiger partial charge >= 0.3 is 6.61 Å². The van der Waals surface area contributed by atoms with E-state index in [9.17, 15) is 8.78 Å². The summed E-state index contributed by atoms with van der Waals surface area (Å²) >= 11 is 0. The third-order valence-corrected chi connectivity index (χ3v) is 2.01. The monoisotopic (exact) mass is 201 g/mol. The van der Waals surface area contributed by atoms with Gasteiger partial charge in [0, 0.05) is 0 Å². The topological polar surface area (TPSA) is 35.2 Å². The lowest BCUT2D eigenvalue weighted by Gasteiger charge is -2.10. The van der Waals surface area contributed by atoms with Crippen molar-refractivity contribution in [2.75, 3.05) is 6.54 Å². The molecule has 14 heavy (non-hydrogen) atoms. The van der Waals surface area contributed by atoms with Crippen molar-refractivity contribution in [1.29, 1.82) is 0 Å². The normalized spacial score (nSPS) is 12.9. The Balaban J connectivity index is 2.78. The van der Waals surface area contributed by atoms with E-state index in [0.717, 1.165) is 5.56 Å². The quantitative estimate of drug-likeness (QED) is 0.811. The number of halogens is 2. The highest BCUT2D eigenvalue weighted by Crippen LogP contribution is 2.21. The lowest BCUT2D eigenvalue weighted by Crippen LogP contribution is -2.09. The maximum absolute atomic E-state index is 11.9. The van der Waals surface area contributed by atoms with Crippen LogP contribution in [0.15, 0.2) is 24.3 Å². The summed E-state index contributed by atoms with van der Waals surface area (Å²) in [4.78, 5) is 0. The maximum Gasteiger partial charge on any atom is 0.387 e. The van der Waals surface area contributed by atoms with Crippen LogP contribution in [0.4, 0.5) is 8.78 Å². The minimum absolute atomic E-state index is 0.149. The van der Waals surface area contributed by atoms with E-state index in [0.29, 0.717) is 6.54 Å². The van der Waals surface area contributed by atoms with Gasteiger partial charge in [-0.1, -0.05) is 19.1 Å². The van der Waals surface area contributed by atoms with Crippen molar-refractivity contribution in [3.63, 3.8) is 0 Å². The van der Waals surface area contributed by atoms with Gasteiger partial charge in [0.25, 0.3) is 0 Å². The molecule has 1 atom stereocenters. The lowest BCUT2D eigenvalue weighted by molar-refractivity contribution is -0.0498. The molecule has 0 spiro atoms. The molecule has 78 valence electrons. The molecule has 0 aromatic heterocycles. The van der Waals surface area contributed by atoms with Crippen LogP contribution in [0.3, 0.4) is 0 Å². The number of alkyl halides is 2. The summed E-state index contributed by atoms with van der Waals surface area (Å²) in [5, 5.41) is 0. The molecule has 4 heteroatoms. The van der Waals surface area contributed by atoms with E-state index in [2.05, 4.69) is 4.74 Å². The smallest absolute Gasteiger partial charge is 0.387 e. The van der Waals surface area contributed by atoms with Crippen LogP contribution < -0.4 is 10.5 Å². The Morgan fingerprint density at radius 3 is 2.71 bits per heavy atom. The minimum Gasteiger partial charge on any atom is -0.435 e. The van der Waals surface area contributed by atoms with Crippen LogP contribution in [0.5, 0.6) is 5.75 Å². The molecule has 0 amide bonds. The first-order valence-electron chi connectivity index (χ1n) is 4.38. The SMILES string of the molecule is C[C@@H](CN)c1cccc(OC(F)F)c1.